The lowest BCUT2D eigenvalue weighted by atomic mass is 10.2. The molecular formula is C21H14Cl2N2O3. The molecule has 7 heteroatoms. The number of halogens is 2. The SMILES string of the molecule is COc1ccc(NC(=O)/C(C#N)=C\c2ccc(-c3cccc(Cl)c3Cl)o2)cc1. The van der Waals surface area contributed by atoms with E-state index in [9.17, 15) is 10.1 Å². The molecular weight excluding hydrogens is 399 g/mol. The number of furan rings is 1. The molecule has 0 aliphatic rings. The van der Waals surface area contributed by atoms with E-state index < -0.39 is 5.91 Å². The highest BCUT2D eigenvalue weighted by Gasteiger charge is 2.13. The van der Waals surface area contributed by atoms with Crippen molar-refractivity contribution >= 4 is 40.9 Å². The van der Waals surface area contributed by atoms with Crippen molar-refractivity contribution < 1.29 is 13.9 Å². The van der Waals surface area contributed by atoms with E-state index in [0.717, 1.165) is 0 Å². The monoisotopic (exact) mass is 412 g/mol. The highest BCUT2D eigenvalue weighted by atomic mass is 35.5. The van der Waals surface area contributed by atoms with Crippen LogP contribution < -0.4 is 10.1 Å². The Bertz CT molecular complexity index is 1080. The van der Waals surface area contributed by atoms with Crippen LogP contribution in [0.3, 0.4) is 0 Å². The van der Waals surface area contributed by atoms with Gasteiger partial charge in [-0.05, 0) is 48.5 Å². The number of carbonyl (C=O) groups excluding carboxylic acids is 1. The number of amides is 1. The number of anilines is 1. The topological polar surface area (TPSA) is 75.3 Å². The molecule has 0 atom stereocenters. The van der Waals surface area contributed by atoms with Crippen LogP contribution >= 0.6 is 23.2 Å². The molecule has 0 aliphatic carbocycles. The summed E-state index contributed by atoms with van der Waals surface area (Å²) in [5.74, 6) is 0.933. The molecule has 0 saturated heterocycles. The van der Waals surface area contributed by atoms with Crippen LogP contribution in [0.1, 0.15) is 5.76 Å². The Morgan fingerprint density at radius 1 is 1.14 bits per heavy atom. The van der Waals surface area contributed by atoms with E-state index in [-0.39, 0.29) is 5.57 Å². The Labute approximate surface area is 171 Å². The molecule has 0 unspecified atom stereocenters. The molecule has 0 bridgehead atoms. The maximum Gasteiger partial charge on any atom is 0.266 e. The molecule has 28 heavy (non-hydrogen) atoms. The number of nitrogens with zero attached hydrogens (tertiary/aromatic N) is 1. The molecule has 0 spiro atoms. The molecule has 2 aromatic carbocycles. The Kier molecular flexibility index (Phi) is 6.05. The van der Waals surface area contributed by atoms with Crippen molar-refractivity contribution in [2.45, 2.75) is 0 Å². The molecule has 1 N–H and O–H groups in total. The first-order valence-electron chi connectivity index (χ1n) is 8.13. The van der Waals surface area contributed by atoms with E-state index in [1.807, 2.05) is 6.07 Å². The minimum absolute atomic E-state index is 0.103. The van der Waals surface area contributed by atoms with Crippen LogP contribution in [0.15, 0.2) is 64.6 Å². The van der Waals surface area contributed by atoms with Gasteiger partial charge in [0.15, 0.2) is 0 Å². The number of nitriles is 1. The van der Waals surface area contributed by atoms with Crippen LogP contribution in [0.2, 0.25) is 10.0 Å². The normalized spacial score (nSPS) is 11.0. The van der Waals surface area contributed by atoms with Gasteiger partial charge in [0, 0.05) is 17.3 Å². The number of methoxy groups -OCH3 is 1. The van der Waals surface area contributed by atoms with Gasteiger partial charge in [-0.2, -0.15) is 5.26 Å². The van der Waals surface area contributed by atoms with Crippen molar-refractivity contribution in [3.63, 3.8) is 0 Å². The van der Waals surface area contributed by atoms with Gasteiger partial charge in [0.1, 0.15) is 28.9 Å². The summed E-state index contributed by atoms with van der Waals surface area (Å²) in [6.07, 6.45) is 1.36. The molecule has 3 aromatic rings. The van der Waals surface area contributed by atoms with Crippen LogP contribution in [-0.2, 0) is 4.79 Å². The van der Waals surface area contributed by atoms with E-state index in [1.165, 1.54) is 6.08 Å². The van der Waals surface area contributed by atoms with Crippen LogP contribution in [0.4, 0.5) is 5.69 Å². The maximum atomic E-state index is 12.4. The summed E-state index contributed by atoms with van der Waals surface area (Å²) in [4.78, 5) is 12.4. The largest absolute Gasteiger partial charge is 0.497 e. The van der Waals surface area contributed by atoms with E-state index >= 15 is 0 Å². The lowest BCUT2D eigenvalue weighted by Crippen LogP contribution is -2.13. The highest BCUT2D eigenvalue weighted by molar-refractivity contribution is 6.43. The second-order valence-electron chi connectivity index (χ2n) is 5.66. The first kappa shape index (κ1) is 19.6. The summed E-state index contributed by atoms with van der Waals surface area (Å²) in [6, 6.07) is 17.2. The second-order valence-corrected chi connectivity index (χ2v) is 6.44. The standard InChI is InChI=1S/C21H14Cl2N2O3/c1-27-15-7-5-14(6-8-15)25-21(26)13(12-24)11-16-9-10-19(28-16)17-3-2-4-18(22)20(17)23/h2-11H,1H3,(H,25,26)/b13-11-. The first-order chi connectivity index (χ1) is 13.5. The number of ether oxygens (including phenoxy) is 1. The minimum Gasteiger partial charge on any atom is -0.497 e. The fourth-order valence-electron chi connectivity index (χ4n) is 2.43. The van der Waals surface area contributed by atoms with Gasteiger partial charge in [-0.1, -0.05) is 29.3 Å². The van der Waals surface area contributed by atoms with Gasteiger partial charge in [0.05, 0.1) is 17.2 Å². The Balaban J connectivity index is 1.80. The van der Waals surface area contributed by atoms with Crippen molar-refractivity contribution in [3.05, 3.63) is 76.0 Å². The Morgan fingerprint density at radius 2 is 1.89 bits per heavy atom. The van der Waals surface area contributed by atoms with Crippen LogP contribution in [0, 0.1) is 11.3 Å². The average Bonchev–Trinajstić information content (AvgIpc) is 3.17. The minimum atomic E-state index is -0.550. The Hall–Kier alpha value is -3.20. The summed E-state index contributed by atoms with van der Waals surface area (Å²) in [5, 5.41) is 12.8. The molecule has 1 aromatic heterocycles. The van der Waals surface area contributed by atoms with Gasteiger partial charge in [0.25, 0.3) is 5.91 Å². The zero-order valence-electron chi connectivity index (χ0n) is 14.7. The van der Waals surface area contributed by atoms with E-state index in [4.69, 9.17) is 32.4 Å². The quantitative estimate of drug-likeness (QED) is 0.423. The molecule has 0 radical (unpaired) electrons. The summed E-state index contributed by atoms with van der Waals surface area (Å²) in [6.45, 7) is 0. The lowest BCUT2D eigenvalue weighted by molar-refractivity contribution is -0.112. The van der Waals surface area contributed by atoms with Gasteiger partial charge in [-0.15, -0.1) is 0 Å². The van der Waals surface area contributed by atoms with Gasteiger partial charge in [-0.3, -0.25) is 4.79 Å². The van der Waals surface area contributed by atoms with E-state index in [0.29, 0.717) is 38.6 Å². The van der Waals surface area contributed by atoms with E-state index in [1.54, 1.807) is 61.7 Å². The van der Waals surface area contributed by atoms with Crippen LogP contribution in [-0.4, -0.2) is 13.0 Å². The third kappa shape index (κ3) is 4.37. The third-order valence-electron chi connectivity index (χ3n) is 3.84. The van der Waals surface area contributed by atoms with Crippen molar-refractivity contribution in [1.82, 2.24) is 0 Å². The molecule has 0 fully saturated rings. The molecule has 5 nitrogen and oxygen atoms in total. The average molecular weight is 413 g/mol. The molecule has 0 saturated carbocycles. The number of hydrogen-bond donors (Lipinski definition) is 1. The molecule has 1 amide bonds. The van der Waals surface area contributed by atoms with Crippen molar-refractivity contribution in [2.24, 2.45) is 0 Å². The van der Waals surface area contributed by atoms with Gasteiger partial charge in [-0.25, -0.2) is 0 Å². The van der Waals surface area contributed by atoms with E-state index in [2.05, 4.69) is 5.32 Å². The zero-order valence-corrected chi connectivity index (χ0v) is 16.2. The number of benzene rings is 2. The van der Waals surface area contributed by atoms with Crippen molar-refractivity contribution in [2.75, 3.05) is 12.4 Å². The van der Waals surface area contributed by atoms with Crippen molar-refractivity contribution in [1.29, 1.82) is 5.26 Å². The van der Waals surface area contributed by atoms with Gasteiger partial charge in [0.2, 0.25) is 0 Å². The predicted octanol–water partition coefficient (Wildman–Crippen LogP) is 5.81. The molecule has 0 aliphatic heterocycles. The molecule has 140 valence electrons. The fourth-order valence-corrected chi connectivity index (χ4v) is 2.83. The molecule has 1 heterocycles. The van der Waals surface area contributed by atoms with Crippen LogP contribution in [0.5, 0.6) is 5.75 Å². The number of carbonyl (C=O) groups is 1. The first-order valence-corrected chi connectivity index (χ1v) is 8.89. The summed E-state index contributed by atoms with van der Waals surface area (Å²) >= 11 is 12.2. The second kappa shape index (κ2) is 8.66. The summed E-state index contributed by atoms with van der Waals surface area (Å²) in [5.41, 5.74) is 1.06. The lowest BCUT2D eigenvalue weighted by Gasteiger charge is -2.05. The van der Waals surface area contributed by atoms with Gasteiger partial charge < -0.3 is 14.5 Å². The Morgan fingerprint density at radius 3 is 2.57 bits per heavy atom. The zero-order chi connectivity index (χ0) is 20.1. The fraction of sp³-hybridized carbons (Fsp3) is 0.0476. The predicted molar refractivity (Wildman–Crippen MR) is 109 cm³/mol. The summed E-state index contributed by atoms with van der Waals surface area (Å²) < 4.78 is 10.8. The smallest absolute Gasteiger partial charge is 0.266 e. The highest BCUT2D eigenvalue weighted by Crippen LogP contribution is 2.34. The number of hydrogen-bond acceptors (Lipinski definition) is 4. The number of nitrogens with one attached hydrogen (secondary N) is 1. The van der Waals surface area contributed by atoms with Crippen LogP contribution in [0.25, 0.3) is 17.4 Å². The van der Waals surface area contributed by atoms with Crippen molar-refractivity contribution in [3.8, 4) is 23.1 Å². The third-order valence-corrected chi connectivity index (χ3v) is 4.66. The molecule has 3 rings (SSSR count). The number of rotatable bonds is 5. The maximum absolute atomic E-state index is 12.4. The van der Waals surface area contributed by atoms with Gasteiger partial charge >= 0.3 is 0 Å². The summed E-state index contributed by atoms with van der Waals surface area (Å²) in [7, 11) is 1.55.